The predicted molar refractivity (Wildman–Crippen MR) is 64.5 cm³/mol. The molecule has 0 atom stereocenters. The van der Waals surface area contributed by atoms with Crippen LogP contribution in [0.1, 0.15) is 20.8 Å². The van der Waals surface area contributed by atoms with Gasteiger partial charge in [-0.15, -0.1) is 11.3 Å². The Labute approximate surface area is 98.2 Å². The summed E-state index contributed by atoms with van der Waals surface area (Å²) in [6.07, 6.45) is 3.47. The van der Waals surface area contributed by atoms with E-state index < -0.39 is 0 Å². The van der Waals surface area contributed by atoms with Crippen molar-refractivity contribution in [3.05, 3.63) is 52.0 Å². The summed E-state index contributed by atoms with van der Waals surface area (Å²) < 4.78 is 0. The number of amides is 1. The van der Waals surface area contributed by atoms with E-state index in [0.717, 1.165) is 16.0 Å². The number of aromatic nitrogens is 1. The lowest BCUT2D eigenvalue weighted by Gasteiger charge is -2.02. The van der Waals surface area contributed by atoms with Crippen LogP contribution in [0, 0.1) is 6.92 Å². The van der Waals surface area contributed by atoms with Crippen LogP contribution < -0.4 is 5.32 Å². The lowest BCUT2D eigenvalue weighted by Crippen LogP contribution is -2.21. The summed E-state index contributed by atoms with van der Waals surface area (Å²) in [5.74, 6) is -0.0260. The standard InChI is InChI=1S/C12H12N2OS/c1-9-5-11(16-8-9)12(15)14-7-10-3-2-4-13-6-10/h2-6,8H,7H2,1H3,(H,14,15). The van der Waals surface area contributed by atoms with E-state index in [2.05, 4.69) is 10.3 Å². The first-order valence-electron chi connectivity index (χ1n) is 4.98. The zero-order valence-electron chi connectivity index (χ0n) is 8.93. The van der Waals surface area contributed by atoms with Crippen molar-refractivity contribution in [3.63, 3.8) is 0 Å². The van der Waals surface area contributed by atoms with Gasteiger partial charge in [0, 0.05) is 18.9 Å². The summed E-state index contributed by atoms with van der Waals surface area (Å²) in [5, 5.41) is 4.83. The molecule has 0 bridgehead atoms. The molecule has 0 saturated heterocycles. The number of nitrogens with one attached hydrogen (secondary N) is 1. The molecule has 1 N–H and O–H groups in total. The minimum Gasteiger partial charge on any atom is -0.347 e. The van der Waals surface area contributed by atoms with Crippen molar-refractivity contribution in [2.45, 2.75) is 13.5 Å². The Morgan fingerprint density at radius 3 is 3.06 bits per heavy atom. The maximum absolute atomic E-state index is 11.7. The molecule has 0 fully saturated rings. The highest BCUT2D eigenvalue weighted by Gasteiger charge is 2.06. The monoisotopic (exact) mass is 232 g/mol. The van der Waals surface area contributed by atoms with E-state index in [1.54, 1.807) is 12.4 Å². The quantitative estimate of drug-likeness (QED) is 0.882. The number of pyridine rings is 1. The molecule has 0 spiro atoms. The SMILES string of the molecule is Cc1csc(C(=O)NCc2cccnc2)c1. The van der Waals surface area contributed by atoms with Crippen LogP contribution in [0.4, 0.5) is 0 Å². The van der Waals surface area contributed by atoms with Crippen molar-refractivity contribution in [2.24, 2.45) is 0 Å². The number of rotatable bonds is 3. The van der Waals surface area contributed by atoms with Gasteiger partial charge in [-0.05, 0) is 35.6 Å². The molecule has 2 aromatic heterocycles. The number of carbonyl (C=O) groups is 1. The van der Waals surface area contributed by atoms with E-state index in [9.17, 15) is 4.79 Å². The fraction of sp³-hybridized carbons (Fsp3) is 0.167. The van der Waals surface area contributed by atoms with E-state index in [4.69, 9.17) is 0 Å². The van der Waals surface area contributed by atoms with Crippen molar-refractivity contribution in [1.29, 1.82) is 0 Å². The molecule has 0 aliphatic heterocycles. The van der Waals surface area contributed by atoms with Gasteiger partial charge in [0.15, 0.2) is 0 Å². The van der Waals surface area contributed by atoms with Gasteiger partial charge >= 0.3 is 0 Å². The molecule has 0 radical (unpaired) electrons. The minimum atomic E-state index is -0.0260. The summed E-state index contributed by atoms with van der Waals surface area (Å²) in [4.78, 5) is 16.5. The highest BCUT2D eigenvalue weighted by molar-refractivity contribution is 7.12. The summed E-state index contributed by atoms with van der Waals surface area (Å²) in [7, 11) is 0. The largest absolute Gasteiger partial charge is 0.347 e. The molecule has 0 unspecified atom stereocenters. The molecule has 0 aliphatic rings. The first-order valence-corrected chi connectivity index (χ1v) is 5.86. The van der Waals surface area contributed by atoms with Crippen LogP contribution >= 0.6 is 11.3 Å². The number of nitrogens with zero attached hydrogens (tertiary/aromatic N) is 1. The van der Waals surface area contributed by atoms with Crippen LogP contribution in [-0.4, -0.2) is 10.9 Å². The molecular formula is C12H12N2OS. The first kappa shape index (κ1) is 10.8. The molecule has 82 valence electrons. The predicted octanol–water partition coefficient (Wildman–Crippen LogP) is 2.38. The fourth-order valence-electron chi connectivity index (χ4n) is 1.32. The van der Waals surface area contributed by atoms with E-state index in [-0.39, 0.29) is 5.91 Å². The van der Waals surface area contributed by atoms with Crippen LogP contribution in [0.5, 0.6) is 0 Å². The number of carbonyl (C=O) groups excluding carboxylic acids is 1. The van der Waals surface area contributed by atoms with Gasteiger partial charge in [-0.2, -0.15) is 0 Å². The van der Waals surface area contributed by atoms with Crippen molar-refractivity contribution >= 4 is 17.2 Å². The van der Waals surface area contributed by atoms with Crippen molar-refractivity contribution < 1.29 is 4.79 Å². The average Bonchev–Trinajstić information content (AvgIpc) is 2.74. The van der Waals surface area contributed by atoms with Crippen LogP contribution in [0.15, 0.2) is 36.0 Å². The lowest BCUT2D eigenvalue weighted by atomic mass is 10.3. The molecule has 0 saturated carbocycles. The smallest absolute Gasteiger partial charge is 0.261 e. The second-order valence-electron chi connectivity index (χ2n) is 3.53. The molecule has 2 aromatic rings. The summed E-state index contributed by atoms with van der Waals surface area (Å²) >= 11 is 1.47. The van der Waals surface area contributed by atoms with Gasteiger partial charge in [0.1, 0.15) is 0 Å². The number of thiophene rings is 1. The molecule has 2 rings (SSSR count). The zero-order chi connectivity index (χ0) is 11.4. The molecule has 2 heterocycles. The Kier molecular flexibility index (Phi) is 3.31. The second kappa shape index (κ2) is 4.90. The third kappa shape index (κ3) is 2.67. The van der Waals surface area contributed by atoms with Gasteiger partial charge in [-0.25, -0.2) is 0 Å². The Morgan fingerprint density at radius 1 is 1.56 bits per heavy atom. The molecule has 1 amide bonds. The minimum absolute atomic E-state index is 0.0260. The molecule has 16 heavy (non-hydrogen) atoms. The molecular weight excluding hydrogens is 220 g/mol. The lowest BCUT2D eigenvalue weighted by molar-refractivity contribution is 0.0955. The Hall–Kier alpha value is -1.68. The van der Waals surface area contributed by atoms with Gasteiger partial charge in [-0.3, -0.25) is 9.78 Å². The third-order valence-electron chi connectivity index (χ3n) is 2.13. The van der Waals surface area contributed by atoms with E-state index in [1.807, 2.05) is 30.5 Å². The average molecular weight is 232 g/mol. The van der Waals surface area contributed by atoms with Crippen molar-refractivity contribution in [3.8, 4) is 0 Å². The fourth-order valence-corrected chi connectivity index (χ4v) is 2.14. The highest BCUT2D eigenvalue weighted by atomic mass is 32.1. The van der Waals surface area contributed by atoms with Crippen LogP contribution in [0.25, 0.3) is 0 Å². The third-order valence-corrected chi connectivity index (χ3v) is 3.18. The van der Waals surface area contributed by atoms with Crippen molar-refractivity contribution in [1.82, 2.24) is 10.3 Å². The van der Waals surface area contributed by atoms with Gasteiger partial charge in [0.05, 0.1) is 4.88 Å². The van der Waals surface area contributed by atoms with Crippen LogP contribution in [0.2, 0.25) is 0 Å². The Balaban J connectivity index is 1.94. The van der Waals surface area contributed by atoms with E-state index in [1.165, 1.54) is 11.3 Å². The molecule has 0 aliphatic carbocycles. The topological polar surface area (TPSA) is 42.0 Å². The van der Waals surface area contributed by atoms with Crippen molar-refractivity contribution in [2.75, 3.05) is 0 Å². The van der Waals surface area contributed by atoms with Gasteiger partial charge in [-0.1, -0.05) is 6.07 Å². The van der Waals surface area contributed by atoms with Crippen LogP contribution in [0.3, 0.4) is 0 Å². The van der Waals surface area contributed by atoms with E-state index >= 15 is 0 Å². The van der Waals surface area contributed by atoms with Gasteiger partial charge in [0.2, 0.25) is 0 Å². The maximum Gasteiger partial charge on any atom is 0.261 e. The summed E-state index contributed by atoms with van der Waals surface area (Å²) in [5.41, 5.74) is 2.13. The molecule has 4 heteroatoms. The van der Waals surface area contributed by atoms with Gasteiger partial charge in [0.25, 0.3) is 5.91 Å². The normalized spacial score (nSPS) is 10.1. The highest BCUT2D eigenvalue weighted by Crippen LogP contribution is 2.13. The maximum atomic E-state index is 11.7. The first-order chi connectivity index (χ1) is 7.75. The Bertz CT molecular complexity index is 479. The molecule has 3 nitrogen and oxygen atoms in total. The Morgan fingerprint density at radius 2 is 2.44 bits per heavy atom. The molecule has 0 aromatic carbocycles. The second-order valence-corrected chi connectivity index (χ2v) is 4.44. The van der Waals surface area contributed by atoms with Gasteiger partial charge < -0.3 is 5.32 Å². The number of aryl methyl sites for hydroxylation is 1. The van der Waals surface area contributed by atoms with E-state index in [0.29, 0.717) is 6.54 Å². The summed E-state index contributed by atoms with van der Waals surface area (Å²) in [6.45, 7) is 2.50. The van der Waals surface area contributed by atoms with Crippen LogP contribution in [-0.2, 0) is 6.54 Å². The number of hydrogen-bond acceptors (Lipinski definition) is 3. The zero-order valence-corrected chi connectivity index (χ0v) is 9.75. The summed E-state index contributed by atoms with van der Waals surface area (Å²) in [6, 6.07) is 5.69. The number of hydrogen-bond donors (Lipinski definition) is 1.